The molecule has 4 nitrogen and oxygen atoms in total. The van der Waals surface area contributed by atoms with Crippen molar-refractivity contribution in [1.29, 1.82) is 0 Å². The summed E-state index contributed by atoms with van der Waals surface area (Å²) in [5.74, 6) is 2.08. The molecule has 1 aromatic rings. The van der Waals surface area contributed by atoms with Crippen molar-refractivity contribution in [3.05, 3.63) is 23.8 Å². The second-order valence-electron chi connectivity index (χ2n) is 4.57. The van der Waals surface area contributed by atoms with Crippen LogP contribution in [0.1, 0.15) is 23.2 Å². The Balaban J connectivity index is 2.08. The molecule has 0 bridgehead atoms. The smallest absolute Gasteiger partial charge is 0.176 e. The molecule has 0 aromatic heterocycles. The summed E-state index contributed by atoms with van der Waals surface area (Å²) in [7, 11) is 3.34. The molecule has 1 aliphatic carbocycles. The zero-order valence-electron chi connectivity index (χ0n) is 10.9. The van der Waals surface area contributed by atoms with Crippen LogP contribution in [0.15, 0.2) is 18.2 Å². The van der Waals surface area contributed by atoms with Gasteiger partial charge in [0.15, 0.2) is 17.3 Å². The molecule has 0 spiro atoms. The van der Waals surface area contributed by atoms with E-state index < -0.39 is 0 Å². The molecule has 1 aromatic carbocycles. The molecule has 2 rings (SSSR count). The molecule has 0 atom stereocenters. The minimum atomic E-state index is 0.0459. The van der Waals surface area contributed by atoms with Crippen LogP contribution in [-0.2, 0) is 0 Å². The van der Waals surface area contributed by atoms with E-state index in [1.54, 1.807) is 26.3 Å². The van der Waals surface area contributed by atoms with Crippen molar-refractivity contribution in [2.24, 2.45) is 5.92 Å². The van der Waals surface area contributed by atoms with E-state index in [1.165, 1.54) is 12.8 Å². The van der Waals surface area contributed by atoms with E-state index in [9.17, 15) is 4.79 Å². The maximum atomic E-state index is 11.7. The van der Waals surface area contributed by atoms with Crippen LogP contribution in [0.4, 0.5) is 0 Å². The maximum Gasteiger partial charge on any atom is 0.176 e. The summed E-state index contributed by atoms with van der Waals surface area (Å²) in [5.41, 5.74) is 0.639. The number of rotatable bonds is 7. The van der Waals surface area contributed by atoms with E-state index >= 15 is 0 Å². The fourth-order valence-corrected chi connectivity index (χ4v) is 1.72. The number of benzene rings is 1. The Labute approximate surface area is 107 Å². The highest BCUT2D eigenvalue weighted by Crippen LogP contribution is 2.33. The Kier molecular flexibility index (Phi) is 4.20. The van der Waals surface area contributed by atoms with Crippen LogP contribution in [0.25, 0.3) is 0 Å². The van der Waals surface area contributed by atoms with E-state index in [4.69, 9.17) is 9.47 Å². The van der Waals surface area contributed by atoms with Crippen molar-refractivity contribution in [2.45, 2.75) is 12.8 Å². The molecule has 1 N–H and O–H groups in total. The lowest BCUT2D eigenvalue weighted by atomic mass is 10.1. The molecule has 98 valence electrons. The summed E-state index contributed by atoms with van der Waals surface area (Å²) in [6.07, 6.45) is 2.50. The van der Waals surface area contributed by atoms with Crippen LogP contribution in [0.5, 0.6) is 11.5 Å². The number of carbonyl (C=O) groups is 1. The number of Topliss-reactive ketones (excluding diaryl/α,β-unsaturated/α-hetero) is 1. The summed E-state index contributed by atoms with van der Waals surface area (Å²) in [6, 6.07) is 5.33. The first kappa shape index (κ1) is 12.9. The van der Waals surface area contributed by atoms with Crippen molar-refractivity contribution in [2.75, 3.05) is 27.3 Å². The number of carbonyl (C=O) groups excluding carboxylic acids is 1. The van der Waals surface area contributed by atoms with Crippen LogP contribution in [0.2, 0.25) is 0 Å². The molecular formula is C14H19NO3. The molecule has 1 aliphatic rings. The van der Waals surface area contributed by atoms with E-state index in [2.05, 4.69) is 5.32 Å². The molecule has 0 radical (unpaired) electrons. The highest BCUT2D eigenvalue weighted by molar-refractivity contribution is 5.98. The van der Waals surface area contributed by atoms with Gasteiger partial charge in [-0.15, -0.1) is 0 Å². The molecule has 0 heterocycles. The standard InChI is InChI=1S/C14H19NO3/c1-15-8-12(16)11-5-6-13(14(7-11)17-2)18-9-10-3-4-10/h5-7,10,15H,3-4,8-9H2,1-2H3. The summed E-state index contributed by atoms with van der Waals surface area (Å²) in [6.45, 7) is 1.06. The second kappa shape index (κ2) is 5.87. The molecule has 0 unspecified atom stereocenters. The Bertz CT molecular complexity index is 427. The zero-order chi connectivity index (χ0) is 13.0. The highest BCUT2D eigenvalue weighted by atomic mass is 16.5. The second-order valence-corrected chi connectivity index (χ2v) is 4.57. The van der Waals surface area contributed by atoms with Gasteiger partial charge in [0.25, 0.3) is 0 Å². The Hall–Kier alpha value is -1.55. The SMILES string of the molecule is CNCC(=O)c1ccc(OCC2CC2)c(OC)c1. The number of likely N-dealkylation sites (N-methyl/N-ethyl adjacent to an activating group) is 1. The van der Waals surface area contributed by atoms with Gasteiger partial charge in [0, 0.05) is 5.56 Å². The van der Waals surface area contributed by atoms with Gasteiger partial charge >= 0.3 is 0 Å². The van der Waals surface area contributed by atoms with Gasteiger partial charge in [0.2, 0.25) is 0 Å². The average molecular weight is 249 g/mol. The minimum absolute atomic E-state index is 0.0459. The van der Waals surface area contributed by atoms with E-state index in [1.807, 2.05) is 6.07 Å². The topological polar surface area (TPSA) is 47.6 Å². The van der Waals surface area contributed by atoms with Gasteiger partial charge in [-0.2, -0.15) is 0 Å². The summed E-state index contributed by atoms with van der Waals surface area (Å²) in [4.78, 5) is 11.7. The highest BCUT2D eigenvalue weighted by Gasteiger charge is 2.22. The fourth-order valence-electron chi connectivity index (χ4n) is 1.72. The lowest BCUT2D eigenvalue weighted by molar-refractivity contribution is 0.0993. The van der Waals surface area contributed by atoms with Gasteiger partial charge in [0.05, 0.1) is 20.3 Å². The van der Waals surface area contributed by atoms with Crippen LogP contribution >= 0.6 is 0 Å². The number of methoxy groups -OCH3 is 1. The molecular weight excluding hydrogens is 230 g/mol. The largest absolute Gasteiger partial charge is 0.493 e. The van der Waals surface area contributed by atoms with Gasteiger partial charge in [-0.1, -0.05) is 0 Å². The van der Waals surface area contributed by atoms with Crippen molar-refractivity contribution in [1.82, 2.24) is 5.32 Å². The number of hydrogen-bond donors (Lipinski definition) is 1. The first-order valence-corrected chi connectivity index (χ1v) is 6.23. The first-order chi connectivity index (χ1) is 8.74. The lowest BCUT2D eigenvalue weighted by Crippen LogP contribution is -2.18. The first-order valence-electron chi connectivity index (χ1n) is 6.23. The van der Waals surface area contributed by atoms with Gasteiger partial charge in [-0.3, -0.25) is 4.79 Å². The number of nitrogens with one attached hydrogen (secondary N) is 1. The van der Waals surface area contributed by atoms with Crippen LogP contribution in [0, 0.1) is 5.92 Å². The molecule has 0 aliphatic heterocycles. The molecule has 1 saturated carbocycles. The Morgan fingerprint density at radius 3 is 2.78 bits per heavy atom. The molecule has 18 heavy (non-hydrogen) atoms. The summed E-state index contributed by atoms with van der Waals surface area (Å²) < 4.78 is 11.0. The number of hydrogen-bond acceptors (Lipinski definition) is 4. The molecule has 1 fully saturated rings. The Morgan fingerprint density at radius 2 is 2.17 bits per heavy atom. The van der Waals surface area contributed by atoms with E-state index in [-0.39, 0.29) is 5.78 Å². The lowest BCUT2D eigenvalue weighted by Gasteiger charge is -2.11. The van der Waals surface area contributed by atoms with E-state index in [0.29, 0.717) is 29.5 Å². The van der Waals surface area contributed by atoms with Gasteiger partial charge in [-0.25, -0.2) is 0 Å². The van der Waals surface area contributed by atoms with Gasteiger partial charge in [0.1, 0.15) is 0 Å². The molecule has 0 saturated heterocycles. The van der Waals surface area contributed by atoms with Crippen molar-refractivity contribution in [3.63, 3.8) is 0 Å². The third kappa shape index (κ3) is 3.23. The van der Waals surface area contributed by atoms with Crippen LogP contribution < -0.4 is 14.8 Å². The van der Waals surface area contributed by atoms with Gasteiger partial charge in [-0.05, 0) is 44.0 Å². The third-order valence-corrected chi connectivity index (χ3v) is 2.99. The normalized spacial score (nSPS) is 14.3. The van der Waals surface area contributed by atoms with Crippen molar-refractivity contribution < 1.29 is 14.3 Å². The minimum Gasteiger partial charge on any atom is -0.493 e. The summed E-state index contributed by atoms with van der Waals surface area (Å²) >= 11 is 0. The van der Waals surface area contributed by atoms with Crippen LogP contribution in [0.3, 0.4) is 0 Å². The van der Waals surface area contributed by atoms with Crippen LogP contribution in [-0.4, -0.2) is 33.1 Å². The zero-order valence-corrected chi connectivity index (χ0v) is 10.9. The van der Waals surface area contributed by atoms with Gasteiger partial charge < -0.3 is 14.8 Å². The predicted molar refractivity (Wildman–Crippen MR) is 69.5 cm³/mol. The monoisotopic (exact) mass is 249 g/mol. The Morgan fingerprint density at radius 1 is 1.39 bits per heavy atom. The third-order valence-electron chi connectivity index (χ3n) is 2.99. The fraction of sp³-hybridized carbons (Fsp3) is 0.500. The average Bonchev–Trinajstić information content (AvgIpc) is 3.20. The molecule has 4 heteroatoms. The number of ether oxygens (including phenoxy) is 2. The quantitative estimate of drug-likeness (QED) is 0.750. The summed E-state index contributed by atoms with van der Waals surface area (Å²) in [5, 5.41) is 2.84. The maximum absolute atomic E-state index is 11.7. The predicted octanol–water partition coefficient (Wildman–Crippen LogP) is 1.89. The van der Waals surface area contributed by atoms with E-state index in [0.717, 1.165) is 6.61 Å². The van der Waals surface area contributed by atoms with Crippen molar-refractivity contribution >= 4 is 5.78 Å². The van der Waals surface area contributed by atoms with Crippen molar-refractivity contribution in [3.8, 4) is 11.5 Å². The number of ketones is 1. The molecule has 0 amide bonds.